The van der Waals surface area contributed by atoms with E-state index in [4.69, 9.17) is 8.53 Å². The first-order valence-electron chi connectivity index (χ1n) is 1.87. The maximum Gasteiger partial charge on any atom is 1.00 e. The van der Waals surface area contributed by atoms with E-state index in [9.17, 15) is 0 Å². The van der Waals surface area contributed by atoms with Crippen LogP contribution >= 0.6 is 0 Å². The predicted molar refractivity (Wildman–Crippen MR) is 31.4 cm³/mol. The summed E-state index contributed by atoms with van der Waals surface area (Å²) < 4.78 is 9.53. The molecule has 0 bridgehead atoms. The van der Waals surface area contributed by atoms with Gasteiger partial charge in [-0.25, -0.2) is 0 Å². The van der Waals surface area contributed by atoms with Crippen molar-refractivity contribution in [2.45, 2.75) is 13.2 Å². The van der Waals surface area contributed by atoms with Gasteiger partial charge in [0.15, 0.2) is 0 Å². The molecule has 0 amide bonds. The number of hydrogen-bond donors (Lipinski definition) is 0. The SMILES string of the molecule is COC(C)[O][AlH2].[H-].[HH].[HH].[Na+]. The molecule has 0 fully saturated rings. The van der Waals surface area contributed by atoms with Gasteiger partial charge >= 0.3 is 46.2 Å². The van der Waals surface area contributed by atoms with Gasteiger partial charge in [-0.15, -0.1) is 0 Å². The van der Waals surface area contributed by atoms with Crippen LogP contribution in [0.25, 0.3) is 0 Å². The number of hydrogen-bond acceptors (Lipinski definition) is 2. The van der Waals surface area contributed by atoms with Crippen LogP contribution in [0.3, 0.4) is 0 Å². The van der Waals surface area contributed by atoms with E-state index in [0.29, 0.717) is 0 Å². The fourth-order valence-corrected chi connectivity index (χ4v) is 0.289. The van der Waals surface area contributed by atoms with Crippen LogP contribution in [0.4, 0.5) is 0 Å². The first kappa shape index (κ1) is 11.3. The zero-order valence-corrected chi connectivity index (χ0v) is 9.39. The molecule has 0 aromatic carbocycles. The summed E-state index contributed by atoms with van der Waals surface area (Å²) in [5.74, 6) is 0. The second-order valence-corrected chi connectivity index (χ2v) is 1.51. The van der Waals surface area contributed by atoms with E-state index in [1.807, 2.05) is 6.92 Å². The van der Waals surface area contributed by atoms with E-state index in [1.165, 1.54) is 0 Å². The zero-order valence-electron chi connectivity index (χ0n) is 6.39. The fourth-order valence-electron chi connectivity index (χ4n) is 0.0962. The van der Waals surface area contributed by atoms with Crippen LogP contribution in [0.5, 0.6) is 0 Å². The molecule has 1 atom stereocenters. The number of methoxy groups -OCH3 is 1. The van der Waals surface area contributed by atoms with Gasteiger partial charge in [0.25, 0.3) is 0 Å². The van der Waals surface area contributed by atoms with E-state index in [1.54, 1.807) is 7.11 Å². The normalized spacial score (nSPS) is 12.3. The van der Waals surface area contributed by atoms with Crippen molar-refractivity contribution >= 4 is 16.6 Å². The van der Waals surface area contributed by atoms with Gasteiger partial charge in [-0.3, -0.25) is 0 Å². The van der Waals surface area contributed by atoms with Gasteiger partial charge < -0.3 is 9.95 Å². The largest absolute Gasteiger partial charge is 1.00 e. The average Bonchev–Trinajstić information content (AvgIpc) is 1.65. The van der Waals surface area contributed by atoms with Crippen molar-refractivity contribution < 1.29 is 42.4 Å². The molecule has 0 heterocycles. The predicted octanol–water partition coefficient (Wildman–Crippen LogP) is -2.85. The Labute approximate surface area is 79.1 Å². The molecule has 0 N–H and O–H groups in total. The second kappa shape index (κ2) is 7.45. The third-order valence-electron chi connectivity index (χ3n) is 0.664. The van der Waals surface area contributed by atoms with Gasteiger partial charge in [-0.1, -0.05) is 0 Å². The van der Waals surface area contributed by atoms with Crippen LogP contribution in [0.1, 0.15) is 11.2 Å². The van der Waals surface area contributed by atoms with Gasteiger partial charge in [0.1, 0.15) is 6.29 Å². The summed E-state index contributed by atoms with van der Waals surface area (Å²) in [6.07, 6.45) is -0.00309. The number of rotatable bonds is 2. The first-order valence-corrected chi connectivity index (χ1v) is 2.68. The molecule has 1 unspecified atom stereocenters. The van der Waals surface area contributed by atoms with Crippen molar-refractivity contribution in [1.82, 2.24) is 0 Å². The Kier molecular flexibility index (Phi) is 12.0. The third kappa shape index (κ3) is 7.45. The molecule has 0 saturated heterocycles. The Morgan fingerprint density at radius 3 is 2.29 bits per heavy atom. The minimum absolute atomic E-state index is 0. The Morgan fingerprint density at radius 2 is 2.29 bits per heavy atom. The zero-order chi connectivity index (χ0) is 4.99. The molecule has 0 aromatic heterocycles. The van der Waals surface area contributed by atoms with Crippen LogP contribution < -0.4 is 29.6 Å². The molecule has 0 radical (unpaired) electrons. The summed E-state index contributed by atoms with van der Waals surface area (Å²) in [6.45, 7) is 1.87. The molecule has 4 heteroatoms. The minimum Gasteiger partial charge on any atom is -1.00 e. The van der Waals surface area contributed by atoms with Crippen LogP contribution in [0.2, 0.25) is 0 Å². The molecule has 0 rings (SSSR count). The van der Waals surface area contributed by atoms with Crippen molar-refractivity contribution in [2.24, 2.45) is 0 Å². The third-order valence-corrected chi connectivity index (χ3v) is 1.33. The summed E-state index contributed by atoms with van der Waals surface area (Å²) in [5.41, 5.74) is 0. The van der Waals surface area contributed by atoms with Gasteiger partial charge in [0.2, 0.25) is 0 Å². The first-order chi connectivity index (χ1) is 2.81. The van der Waals surface area contributed by atoms with Crippen molar-refractivity contribution in [3.8, 4) is 0 Å². The topological polar surface area (TPSA) is 18.5 Å². The molecule has 0 spiro atoms. The molecule has 0 aliphatic carbocycles. The maximum atomic E-state index is 4.82. The van der Waals surface area contributed by atoms with Crippen LogP contribution in [-0.2, 0) is 8.53 Å². The van der Waals surface area contributed by atoms with Crippen LogP contribution in [0, 0.1) is 0 Å². The van der Waals surface area contributed by atoms with Gasteiger partial charge in [0.05, 0.1) is 0 Å². The average molecular weight is 132 g/mol. The molecule has 0 aliphatic heterocycles. The Morgan fingerprint density at radius 1 is 1.86 bits per heavy atom. The number of ether oxygens (including phenoxy) is 1. The van der Waals surface area contributed by atoms with E-state index in [-0.39, 0.29) is 40.1 Å². The van der Waals surface area contributed by atoms with Crippen molar-refractivity contribution in [3.63, 3.8) is 0 Å². The van der Waals surface area contributed by atoms with E-state index in [2.05, 4.69) is 0 Å². The van der Waals surface area contributed by atoms with Gasteiger partial charge in [-0.2, -0.15) is 0 Å². The standard InChI is InChI=1S/C3H7O2.Al.Na.2H2.3H/c1-3(4)5-2;;;;;;;/h3H,1-2H3;;;2*1H;;;/q-1;2*+1;;;;;-1. The van der Waals surface area contributed by atoms with Crippen molar-refractivity contribution in [3.05, 3.63) is 0 Å². The monoisotopic (exact) mass is 132 g/mol. The van der Waals surface area contributed by atoms with Crippen molar-refractivity contribution in [1.29, 1.82) is 0 Å². The molecule has 2 nitrogen and oxygen atoms in total. The molecular formula is C3H14AlNaO2. The Bertz CT molecular complexity index is 40.9. The summed E-state index contributed by atoms with van der Waals surface area (Å²) >= 11 is 0.757. The quantitative estimate of drug-likeness (QED) is 0.297. The Hall–Kier alpha value is 1.45. The summed E-state index contributed by atoms with van der Waals surface area (Å²) in [7, 11) is 1.63. The summed E-state index contributed by atoms with van der Waals surface area (Å²) in [4.78, 5) is 0. The molecule has 7 heavy (non-hydrogen) atoms. The summed E-state index contributed by atoms with van der Waals surface area (Å²) in [6, 6.07) is 0. The Balaban J connectivity index is -0.0000000208. The minimum atomic E-state index is -0.00309. The maximum absolute atomic E-state index is 4.82. The molecular weight excluding hydrogens is 118 g/mol. The molecule has 0 aromatic rings. The van der Waals surface area contributed by atoms with Gasteiger partial charge in [-0.05, 0) is 6.92 Å². The van der Waals surface area contributed by atoms with Crippen LogP contribution in [0.15, 0.2) is 0 Å². The fraction of sp³-hybridized carbons (Fsp3) is 1.00. The smallest absolute Gasteiger partial charge is 1.00 e. The van der Waals surface area contributed by atoms with Gasteiger partial charge in [0, 0.05) is 9.96 Å². The van der Waals surface area contributed by atoms with E-state index < -0.39 is 0 Å². The molecule has 0 aliphatic rings. The second-order valence-electron chi connectivity index (χ2n) is 1.04. The van der Waals surface area contributed by atoms with Crippen molar-refractivity contribution in [2.75, 3.05) is 7.11 Å². The summed E-state index contributed by atoms with van der Waals surface area (Å²) in [5, 5.41) is 0. The molecule has 42 valence electrons. The van der Waals surface area contributed by atoms with E-state index >= 15 is 0 Å². The van der Waals surface area contributed by atoms with E-state index in [0.717, 1.165) is 16.6 Å². The molecule has 0 saturated carbocycles. The van der Waals surface area contributed by atoms with Crippen LogP contribution in [-0.4, -0.2) is 30.0 Å².